The number of hydrazone groups is 1. The van der Waals surface area contributed by atoms with E-state index in [2.05, 4.69) is 50.7 Å². The second kappa shape index (κ2) is 9.03. The van der Waals surface area contributed by atoms with E-state index in [-0.39, 0.29) is 5.91 Å². The number of carbonyl (C=O) groups excluding carboxylic acids is 1. The number of amides is 1. The van der Waals surface area contributed by atoms with E-state index in [9.17, 15) is 4.79 Å². The fourth-order valence-electron chi connectivity index (χ4n) is 2.92. The van der Waals surface area contributed by atoms with E-state index < -0.39 is 0 Å². The molecule has 0 bridgehead atoms. The number of hydrogen-bond donors (Lipinski definition) is 1. The maximum atomic E-state index is 11.9. The zero-order valence-corrected chi connectivity index (χ0v) is 17.7. The molecule has 1 amide bonds. The monoisotopic (exact) mass is 464 g/mol. The van der Waals surface area contributed by atoms with Crippen molar-refractivity contribution in [2.75, 3.05) is 0 Å². The SMILES string of the molecule is O=C(NN=Cc1ccc(OCc2cccc3ccccc23)c(Br)c1)c1cccs1. The maximum absolute atomic E-state index is 11.9. The molecular weight excluding hydrogens is 448 g/mol. The van der Waals surface area contributed by atoms with Gasteiger partial charge >= 0.3 is 0 Å². The number of carbonyl (C=O) groups is 1. The van der Waals surface area contributed by atoms with Crippen molar-refractivity contribution in [3.63, 3.8) is 0 Å². The third kappa shape index (κ3) is 4.72. The highest BCUT2D eigenvalue weighted by atomic mass is 79.9. The van der Waals surface area contributed by atoms with Gasteiger partial charge in [-0.05, 0) is 67.5 Å². The highest BCUT2D eigenvalue weighted by molar-refractivity contribution is 9.10. The van der Waals surface area contributed by atoms with Crippen molar-refractivity contribution >= 4 is 50.2 Å². The van der Waals surface area contributed by atoms with Crippen LogP contribution in [-0.2, 0) is 6.61 Å². The molecule has 0 aliphatic heterocycles. The number of rotatable bonds is 6. The predicted octanol–water partition coefficient (Wildman–Crippen LogP) is 6.01. The minimum Gasteiger partial charge on any atom is -0.488 e. The second-order valence-electron chi connectivity index (χ2n) is 6.29. The van der Waals surface area contributed by atoms with Crippen molar-refractivity contribution in [1.29, 1.82) is 0 Å². The van der Waals surface area contributed by atoms with Gasteiger partial charge in [0, 0.05) is 0 Å². The number of nitrogens with zero attached hydrogens (tertiary/aromatic N) is 1. The van der Waals surface area contributed by atoms with Gasteiger partial charge < -0.3 is 4.74 Å². The highest BCUT2D eigenvalue weighted by Crippen LogP contribution is 2.27. The van der Waals surface area contributed by atoms with Crippen molar-refractivity contribution in [3.8, 4) is 5.75 Å². The normalized spacial score (nSPS) is 11.1. The lowest BCUT2D eigenvalue weighted by Crippen LogP contribution is -2.16. The number of nitrogens with one attached hydrogen (secondary N) is 1. The number of benzene rings is 3. The smallest absolute Gasteiger partial charge is 0.281 e. The summed E-state index contributed by atoms with van der Waals surface area (Å²) in [5, 5.41) is 8.26. The number of thiophene rings is 1. The first-order valence-electron chi connectivity index (χ1n) is 8.96. The quantitative estimate of drug-likeness (QED) is 0.280. The Bertz CT molecular complexity index is 1170. The molecule has 4 aromatic rings. The lowest BCUT2D eigenvalue weighted by molar-refractivity contribution is 0.0959. The summed E-state index contributed by atoms with van der Waals surface area (Å²) in [7, 11) is 0. The summed E-state index contributed by atoms with van der Waals surface area (Å²) in [5.41, 5.74) is 4.51. The van der Waals surface area contributed by atoms with Gasteiger partial charge in [0.1, 0.15) is 12.4 Å². The molecule has 0 atom stereocenters. The molecule has 144 valence electrons. The lowest BCUT2D eigenvalue weighted by atomic mass is 10.1. The minimum atomic E-state index is -0.217. The minimum absolute atomic E-state index is 0.217. The average Bonchev–Trinajstić information content (AvgIpc) is 3.28. The van der Waals surface area contributed by atoms with Gasteiger partial charge in [-0.15, -0.1) is 11.3 Å². The van der Waals surface area contributed by atoms with Crippen LogP contribution < -0.4 is 10.2 Å². The first-order valence-corrected chi connectivity index (χ1v) is 10.6. The Balaban J connectivity index is 1.41. The van der Waals surface area contributed by atoms with E-state index in [1.165, 1.54) is 22.1 Å². The molecule has 0 aliphatic rings. The molecule has 1 heterocycles. The van der Waals surface area contributed by atoms with E-state index >= 15 is 0 Å². The highest BCUT2D eigenvalue weighted by Gasteiger charge is 2.06. The van der Waals surface area contributed by atoms with Gasteiger partial charge in [-0.3, -0.25) is 4.79 Å². The summed E-state index contributed by atoms with van der Waals surface area (Å²) in [6, 6.07) is 23.8. The molecule has 0 saturated carbocycles. The Morgan fingerprint density at radius 1 is 1.07 bits per heavy atom. The lowest BCUT2D eigenvalue weighted by Gasteiger charge is -2.11. The zero-order chi connectivity index (χ0) is 20.1. The van der Waals surface area contributed by atoms with Crippen molar-refractivity contribution in [2.45, 2.75) is 6.61 Å². The van der Waals surface area contributed by atoms with Crippen LogP contribution in [0.3, 0.4) is 0 Å². The van der Waals surface area contributed by atoms with Gasteiger partial charge in [-0.25, -0.2) is 5.43 Å². The third-order valence-corrected chi connectivity index (χ3v) is 5.83. The molecule has 3 aromatic carbocycles. The molecule has 4 nitrogen and oxygen atoms in total. The molecule has 1 aromatic heterocycles. The molecule has 0 unspecified atom stereocenters. The van der Waals surface area contributed by atoms with Crippen molar-refractivity contribution in [1.82, 2.24) is 5.43 Å². The summed E-state index contributed by atoms with van der Waals surface area (Å²) in [5.74, 6) is 0.531. The van der Waals surface area contributed by atoms with Gasteiger partial charge in [0.05, 0.1) is 15.6 Å². The van der Waals surface area contributed by atoms with Crippen LogP contribution in [-0.4, -0.2) is 12.1 Å². The molecule has 6 heteroatoms. The molecule has 4 rings (SSSR count). The van der Waals surface area contributed by atoms with Crippen molar-refractivity contribution in [2.24, 2.45) is 5.10 Å². The van der Waals surface area contributed by atoms with Crippen LogP contribution in [0.1, 0.15) is 20.8 Å². The Morgan fingerprint density at radius 3 is 2.76 bits per heavy atom. The number of halogens is 1. The molecule has 1 N–H and O–H groups in total. The molecule has 0 fully saturated rings. The van der Waals surface area contributed by atoms with E-state index in [0.29, 0.717) is 11.5 Å². The standard InChI is InChI=1S/C23H17BrN2O2S/c24-20-13-16(14-25-26-23(27)22-9-4-12-29-22)10-11-21(20)28-15-18-7-3-6-17-5-1-2-8-19(17)18/h1-14H,15H2,(H,26,27). The summed E-state index contributed by atoms with van der Waals surface area (Å²) in [6.07, 6.45) is 1.60. The summed E-state index contributed by atoms with van der Waals surface area (Å²) in [6.45, 7) is 0.476. The van der Waals surface area contributed by atoms with Crippen molar-refractivity contribution < 1.29 is 9.53 Å². The van der Waals surface area contributed by atoms with Crippen LogP contribution in [0.4, 0.5) is 0 Å². The summed E-state index contributed by atoms with van der Waals surface area (Å²) >= 11 is 4.93. The Morgan fingerprint density at radius 2 is 1.93 bits per heavy atom. The topological polar surface area (TPSA) is 50.7 Å². The molecule has 0 radical (unpaired) electrons. The van der Waals surface area contributed by atoms with Crippen molar-refractivity contribution in [3.05, 3.63) is 98.7 Å². The van der Waals surface area contributed by atoms with Gasteiger partial charge in [0.25, 0.3) is 5.91 Å². The number of fused-ring (bicyclic) bond motifs is 1. The Hall–Kier alpha value is -2.96. The molecule has 0 spiro atoms. The van der Waals surface area contributed by atoms with E-state index in [1.54, 1.807) is 12.3 Å². The van der Waals surface area contributed by atoms with Crippen LogP contribution in [0, 0.1) is 0 Å². The predicted molar refractivity (Wildman–Crippen MR) is 122 cm³/mol. The summed E-state index contributed by atoms with van der Waals surface area (Å²) < 4.78 is 6.84. The van der Waals surface area contributed by atoms with Crippen LogP contribution >= 0.6 is 27.3 Å². The van der Waals surface area contributed by atoms with Crippen LogP contribution in [0.25, 0.3) is 10.8 Å². The molecule has 0 saturated heterocycles. The summed E-state index contributed by atoms with van der Waals surface area (Å²) in [4.78, 5) is 12.5. The van der Waals surface area contributed by atoms with E-state index in [4.69, 9.17) is 4.74 Å². The molecule has 29 heavy (non-hydrogen) atoms. The third-order valence-electron chi connectivity index (χ3n) is 4.34. The number of hydrogen-bond acceptors (Lipinski definition) is 4. The molecule has 0 aliphatic carbocycles. The average molecular weight is 465 g/mol. The van der Waals surface area contributed by atoms with Gasteiger partial charge in [0.2, 0.25) is 0 Å². The second-order valence-corrected chi connectivity index (χ2v) is 8.10. The first-order chi connectivity index (χ1) is 14.2. The zero-order valence-electron chi connectivity index (χ0n) is 15.3. The first kappa shape index (κ1) is 19.4. The van der Waals surface area contributed by atoms with Crippen LogP contribution in [0.2, 0.25) is 0 Å². The molecular formula is C23H17BrN2O2S. The van der Waals surface area contributed by atoms with Gasteiger partial charge in [-0.2, -0.15) is 5.10 Å². The van der Waals surface area contributed by atoms with Crippen LogP contribution in [0.5, 0.6) is 5.75 Å². The van der Waals surface area contributed by atoms with E-state index in [0.717, 1.165) is 21.3 Å². The fourth-order valence-corrected chi connectivity index (χ4v) is 4.04. The Kier molecular flexibility index (Phi) is 6.03. The maximum Gasteiger partial charge on any atom is 0.281 e. The van der Waals surface area contributed by atoms with E-state index in [1.807, 2.05) is 47.8 Å². The van der Waals surface area contributed by atoms with Crippen LogP contribution in [0.15, 0.2) is 87.8 Å². The fraction of sp³-hybridized carbons (Fsp3) is 0.0435. The Labute approximate surface area is 181 Å². The van der Waals surface area contributed by atoms with Gasteiger partial charge in [-0.1, -0.05) is 48.5 Å². The number of ether oxygens (including phenoxy) is 1. The van der Waals surface area contributed by atoms with Gasteiger partial charge in [0.15, 0.2) is 0 Å². The largest absolute Gasteiger partial charge is 0.488 e.